The Hall–Kier alpha value is 0.121. The van der Waals surface area contributed by atoms with E-state index in [1.165, 1.54) is 6.07 Å². The van der Waals surface area contributed by atoms with E-state index in [1.54, 1.807) is 19.1 Å². The molecule has 0 bridgehead atoms. The van der Waals surface area contributed by atoms with Crippen LogP contribution in [0, 0.1) is 6.92 Å². The number of hydrogen-bond acceptors (Lipinski definition) is 1. The molecule has 1 aromatic heterocycles. The van der Waals surface area contributed by atoms with Crippen LogP contribution in [0.1, 0.15) is 5.69 Å². The van der Waals surface area contributed by atoms with Gasteiger partial charge in [0, 0.05) is 5.69 Å². The summed E-state index contributed by atoms with van der Waals surface area (Å²) < 4.78 is 37.3. The number of hydrogen-bond donors (Lipinski definition) is 0. The van der Waals surface area contributed by atoms with E-state index in [-0.39, 0.29) is 51.4 Å². The number of fused-ring (bicyclic) bond motifs is 1. The summed E-state index contributed by atoms with van der Waals surface area (Å²) in [4.78, 5) is 4.14. The third-order valence-electron chi connectivity index (χ3n) is 2.23. The van der Waals surface area contributed by atoms with Crippen molar-refractivity contribution in [3.8, 4) is 0 Å². The molecule has 16 heavy (non-hydrogen) atoms. The van der Waals surface area contributed by atoms with Gasteiger partial charge in [-0.1, -0.05) is 18.2 Å². The summed E-state index contributed by atoms with van der Waals surface area (Å²) >= 11 is 0. The topological polar surface area (TPSA) is 12.9 Å². The van der Waals surface area contributed by atoms with Crippen LogP contribution in [0.3, 0.4) is 0 Å². The van der Waals surface area contributed by atoms with Crippen molar-refractivity contribution in [2.75, 3.05) is 0 Å². The van der Waals surface area contributed by atoms with Gasteiger partial charge in [0.2, 0.25) is 0 Å². The van der Waals surface area contributed by atoms with Crippen LogP contribution >= 0.6 is 0 Å². The first kappa shape index (κ1) is 14.2. The average molecular weight is 249 g/mol. The molecule has 0 aliphatic rings. The van der Waals surface area contributed by atoms with Crippen LogP contribution in [0.15, 0.2) is 30.3 Å². The van der Waals surface area contributed by atoms with Crippen molar-refractivity contribution in [1.82, 2.24) is 4.98 Å². The molecule has 2 rings (SSSR count). The molecule has 0 N–H and O–H groups in total. The van der Waals surface area contributed by atoms with E-state index in [0.29, 0.717) is 10.9 Å². The van der Waals surface area contributed by atoms with Crippen molar-refractivity contribution in [1.29, 1.82) is 0 Å². The normalized spacial score (nSPS) is 11.2. The van der Waals surface area contributed by atoms with Gasteiger partial charge >= 0.3 is 58.4 Å². The minimum absolute atomic E-state index is 0. The smallest absolute Gasteiger partial charge is 0.445 e. The fourth-order valence-electron chi connectivity index (χ4n) is 1.45. The maximum Gasteiger partial charge on any atom is 1.00 e. The third kappa shape index (κ3) is 3.07. The van der Waals surface area contributed by atoms with E-state index < -0.39 is 12.4 Å². The molecular weight excluding hydrogens is 241 g/mol. The first-order valence-electron chi connectivity index (χ1n) is 4.54. The van der Waals surface area contributed by atoms with Crippen LogP contribution in [0.4, 0.5) is 12.9 Å². The maximum atomic E-state index is 12.4. The Morgan fingerprint density at radius 1 is 1.06 bits per heavy atom. The number of aromatic nitrogens is 1. The van der Waals surface area contributed by atoms with Crippen LogP contribution in [0.2, 0.25) is 0 Å². The largest absolute Gasteiger partial charge is 1.00 e. The van der Waals surface area contributed by atoms with E-state index in [9.17, 15) is 12.9 Å². The Morgan fingerprint density at radius 3 is 2.38 bits per heavy atom. The second-order valence-corrected chi connectivity index (χ2v) is 3.48. The minimum Gasteiger partial charge on any atom is -0.445 e. The van der Waals surface area contributed by atoms with Gasteiger partial charge < -0.3 is 12.9 Å². The van der Waals surface area contributed by atoms with Gasteiger partial charge in [-0.3, -0.25) is 4.98 Å². The Bertz CT molecular complexity index is 513. The summed E-state index contributed by atoms with van der Waals surface area (Å²) in [6, 6.07) is 6.99. The summed E-state index contributed by atoms with van der Waals surface area (Å²) in [5.41, 5.74) is 0.819. The number of nitrogens with zero attached hydrogens (tertiary/aromatic N) is 1. The zero-order valence-electron chi connectivity index (χ0n) is 9.05. The van der Waals surface area contributed by atoms with E-state index in [4.69, 9.17) is 0 Å². The molecule has 0 radical (unpaired) electrons. The Kier molecular flexibility index (Phi) is 4.59. The molecule has 0 aliphatic heterocycles. The van der Waals surface area contributed by atoms with Crippen molar-refractivity contribution < 1.29 is 64.3 Å². The SMILES string of the molecule is Cc1ccc2cc([B-](F)(F)F)ccc2n1.[K+]. The number of aryl methyl sites for hydroxylation is 1. The molecule has 0 saturated carbocycles. The Labute approximate surface area is 134 Å². The molecule has 1 aromatic carbocycles. The van der Waals surface area contributed by atoms with Gasteiger partial charge in [-0.05, 0) is 24.4 Å². The van der Waals surface area contributed by atoms with Crippen LogP contribution < -0.4 is 56.8 Å². The van der Waals surface area contributed by atoms with Crippen LogP contribution in [-0.4, -0.2) is 12.0 Å². The van der Waals surface area contributed by atoms with E-state index in [0.717, 1.165) is 17.8 Å². The van der Waals surface area contributed by atoms with Gasteiger partial charge in [0.05, 0.1) is 5.52 Å². The van der Waals surface area contributed by atoms with Crippen molar-refractivity contribution in [2.45, 2.75) is 6.92 Å². The zero-order valence-corrected chi connectivity index (χ0v) is 12.2. The molecule has 0 fully saturated rings. The zero-order chi connectivity index (χ0) is 11.1. The molecule has 0 amide bonds. The van der Waals surface area contributed by atoms with Crippen LogP contribution in [-0.2, 0) is 0 Å². The van der Waals surface area contributed by atoms with Crippen molar-refractivity contribution in [3.63, 3.8) is 0 Å². The van der Waals surface area contributed by atoms with Gasteiger partial charge in [-0.15, -0.1) is 5.46 Å². The molecule has 78 valence electrons. The molecule has 0 aliphatic carbocycles. The van der Waals surface area contributed by atoms with E-state index in [2.05, 4.69) is 4.98 Å². The molecular formula is C10H8BF3KN. The van der Waals surface area contributed by atoms with Crippen molar-refractivity contribution >= 4 is 23.3 Å². The molecule has 2 aromatic rings. The Balaban J connectivity index is 0.00000128. The predicted octanol–water partition coefficient (Wildman–Crippen LogP) is -0.398. The third-order valence-corrected chi connectivity index (χ3v) is 2.23. The van der Waals surface area contributed by atoms with Crippen molar-refractivity contribution in [2.24, 2.45) is 0 Å². The summed E-state index contributed by atoms with van der Waals surface area (Å²) in [7, 11) is 0. The fourth-order valence-corrected chi connectivity index (χ4v) is 1.45. The number of pyridine rings is 1. The van der Waals surface area contributed by atoms with Crippen LogP contribution in [0.5, 0.6) is 0 Å². The number of halogens is 3. The Morgan fingerprint density at radius 2 is 1.75 bits per heavy atom. The first-order chi connectivity index (χ1) is 6.97. The summed E-state index contributed by atoms with van der Waals surface area (Å²) in [6.45, 7) is -3.12. The molecule has 0 unspecified atom stereocenters. The second kappa shape index (κ2) is 5.18. The number of rotatable bonds is 1. The molecule has 1 heterocycles. The predicted molar refractivity (Wildman–Crippen MR) is 55.2 cm³/mol. The van der Waals surface area contributed by atoms with Gasteiger partial charge in [0.1, 0.15) is 0 Å². The minimum atomic E-state index is -4.92. The quantitative estimate of drug-likeness (QED) is 0.627. The van der Waals surface area contributed by atoms with Gasteiger partial charge in [-0.2, -0.15) is 0 Å². The summed E-state index contributed by atoms with van der Waals surface area (Å²) in [5.74, 6) is 0. The average Bonchev–Trinajstić information content (AvgIpc) is 2.15. The molecule has 0 atom stereocenters. The van der Waals surface area contributed by atoms with Gasteiger partial charge in [-0.25, -0.2) is 0 Å². The molecule has 6 heteroatoms. The number of benzene rings is 1. The maximum absolute atomic E-state index is 12.4. The monoisotopic (exact) mass is 249 g/mol. The summed E-state index contributed by atoms with van der Waals surface area (Å²) in [6.07, 6.45) is 0. The second-order valence-electron chi connectivity index (χ2n) is 3.48. The van der Waals surface area contributed by atoms with Crippen LogP contribution in [0.25, 0.3) is 10.9 Å². The van der Waals surface area contributed by atoms with E-state index in [1.807, 2.05) is 0 Å². The molecule has 1 nitrogen and oxygen atoms in total. The fraction of sp³-hybridized carbons (Fsp3) is 0.100. The van der Waals surface area contributed by atoms with E-state index >= 15 is 0 Å². The summed E-state index contributed by atoms with van der Waals surface area (Å²) in [5, 5.41) is 0.525. The standard InChI is InChI=1S/C10H8BF3N.K/c1-7-2-3-8-6-9(11(12,13)14)4-5-10(8)15-7;/h2-6H,1H3;/q-1;+1. The molecule has 0 saturated heterocycles. The van der Waals surface area contributed by atoms with Crippen molar-refractivity contribution in [3.05, 3.63) is 36.0 Å². The molecule has 0 spiro atoms. The van der Waals surface area contributed by atoms with Gasteiger partial charge in [0.25, 0.3) is 0 Å². The first-order valence-corrected chi connectivity index (χ1v) is 4.54. The van der Waals surface area contributed by atoms with Gasteiger partial charge in [0.15, 0.2) is 0 Å².